The topological polar surface area (TPSA) is 296 Å². The monoisotopic (exact) mass is 796 g/mol. The molecule has 3 heterocycles. The maximum atomic E-state index is 13.9. The average molecular weight is 797 g/mol. The predicted octanol–water partition coefficient (Wildman–Crippen LogP) is -1.71. The van der Waals surface area contributed by atoms with E-state index in [1.807, 2.05) is 0 Å². The van der Waals surface area contributed by atoms with Gasteiger partial charge in [-0.2, -0.15) is 0 Å². The highest BCUT2D eigenvalue weighted by molar-refractivity contribution is 5.95. The van der Waals surface area contributed by atoms with Gasteiger partial charge in [-0.05, 0) is 51.0 Å². The molecule has 1 saturated carbocycles. The Labute approximate surface area is 324 Å². The largest absolute Gasteiger partial charge is 0.478 e. The molecule has 9 unspecified atom stereocenters. The second kappa shape index (κ2) is 20.5. The fraction of sp³-hybridized carbons (Fsp3) is 0.649. The Kier molecular flexibility index (Phi) is 16.4. The molecular formula is C37H56N4O15. The number of rotatable bonds is 18. The van der Waals surface area contributed by atoms with Crippen molar-refractivity contribution in [2.75, 3.05) is 46.1 Å². The SMILES string of the molecule is C=CC1C(OC2OC(CO)C(O)C(O)(O)C2OC(C)C)OC=C(C(=O)OC2CCC(CO)C2)C1C=CC1=C(NC(N)=NCCCO)C(C(=O)O)=CN(CCO)C1. The molecule has 0 aromatic rings. The Balaban J connectivity index is 1.77. The van der Waals surface area contributed by atoms with Crippen LogP contribution >= 0.6 is 0 Å². The van der Waals surface area contributed by atoms with Crippen molar-refractivity contribution in [2.45, 2.75) is 88.4 Å². The number of aliphatic carboxylic acids is 1. The first-order valence-electron chi connectivity index (χ1n) is 18.6. The van der Waals surface area contributed by atoms with E-state index in [1.54, 1.807) is 30.9 Å². The molecule has 3 aliphatic heterocycles. The minimum absolute atomic E-state index is 0.0242. The molecule has 0 amide bonds. The second-order valence-corrected chi connectivity index (χ2v) is 14.3. The van der Waals surface area contributed by atoms with Gasteiger partial charge in [-0.3, -0.25) is 4.99 Å². The minimum Gasteiger partial charge on any atom is -0.478 e. The summed E-state index contributed by atoms with van der Waals surface area (Å²) in [4.78, 5) is 32.1. The number of nitrogens with one attached hydrogen (secondary N) is 1. The third-order valence-electron chi connectivity index (χ3n) is 9.83. The number of hydrogen-bond acceptors (Lipinski definition) is 16. The normalized spacial score (nSPS) is 30.9. The smallest absolute Gasteiger partial charge is 0.339 e. The standard InChI is InChI=1S/C37H56N4O15/c1-4-24-25(9-7-22-15-41(11-13-43)16-26(32(47)48)29(22)40-36(38)39-10-5-12-42)27(33(49)54-23-8-6-21(14-23)17-44)19-52-34(24)56-35-31(53-20(2)3)37(50,51)30(46)28(18-45)55-35/h4,7,9,16,19-21,23-25,28,30-31,34-35,42-46,50-51H,1,5-6,8,10-15,17-18H2,2-3H3,(H,47,48)(H3,38,39,40). The van der Waals surface area contributed by atoms with Crippen molar-refractivity contribution in [3.05, 3.63) is 59.7 Å². The Morgan fingerprint density at radius 2 is 1.91 bits per heavy atom. The number of carboxylic acid groups (broad SMARTS) is 1. The van der Waals surface area contributed by atoms with E-state index in [4.69, 9.17) is 34.5 Å². The summed E-state index contributed by atoms with van der Waals surface area (Å²) in [5, 5.41) is 83.9. The third-order valence-corrected chi connectivity index (χ3v) is 9.83. The van der Waals surface area contributed by atoms with Crippen molar-refractivity contribution in [2.24, 2.45) is 28.5 Å². The highest BCUT2D eigenvalue weighted by Crippen LogP contribution is 2.39. The summed E-state index contributed by atoms with van der Waals surface area (Å²) in [5.41, 5.74) is 6.38. The van der Waals surface area contributed by atoms with Crippen molar-refractivity contribution >= 4 is 17.9 Å². The van der Waals surface area contributed by atoms with Gasteiger partial charge in [-0.25, -0.2) is 9.59 Å². The molecule has 0 spiro atoms. The molecular weight excluding hydrogens is 740 g/mol. The molecule has 0 radical (unpaired) electrons. The number of aliphatic imine (C=N–C) groups is 1. The van der Waals surface area contributed by atoms with Gasteiger partial charge in [0.05, 0.1) is 48.3 Å². The number of esters is 1. The molecule has 1 aliphatic carbocycles. The predicted molar refractivity (Wildman–Crippen MR) is 196 cm³/mol. The number of carbonyl (C=O) groups is 2. The van der Waals surface area contributed by atoms with Crippen LogP contribution in [0.4, 0.5) is 0 Å². The molecule has 9 atom stereocenters. The summed E-state index contributed by atoms with van der Waals surface area (Å²) < 4.78 is 29.4. The summed E-state index contributed by atoms with van der Waals surface area (Å²) >= 11 is 0. The number of guanidine groups is 1. The van der Waals surface area contributed by atoms with Gasteiger partial charge in [0.1, 0.15) is 18.3 Å². The zero-order valence-corrected chi connectivity index (χ0v) is 31.6. The first-order valence-corrected chi connectivity index (χ1v) is 18.6. The second-order valence-electron chi connectivity index (χ2n) is 14.3. The Hall–Kier alpha value is -3.89. The Bertz CT molecular complexity index is 1530. The van der Waals surface area contributed by atoms with Gasteiger partial charge in [0.2, 0.25) is 12.1 Å². The molecule has 19 heteroatoms. The van der Waals surface area contributed by atoms with Crippen LogP contribution in [0, 0.1) is 17.8 Å². The van der Waals surface area contributed by atoms with E-state index >= 15 is 0 Å². The fourth-order valence-electron chi connectivity index (χ4n) is 6.94. The molecule has 19 nitrogen and oxygen atoms in total. The summed E-state index contributed by atoms with van der Waals surface area (Å²) in [7, 11) is 0. The molecule has 56 heavy (non-hydrogen) atoms. The molecule has 2 fully saturated rings. The molecule has 314 valence electrons. The lowest BCUT2D eigenvalue weighted by atomic mass is 9.83. The van der Waals surface area contributed by atoms with Gasteiger partial charge in [-0.1, -0.05) is 18.2 Å². The number of aliphatic hydroxyl groups is 7. The fourth-order valence-corrected chi connectivity index (χ4v) is 6.94. The van der Waals surface area contributed by atoms with E-state index in [1.165, 1.54) is 12.3 Å². The minimum atomic E-state index is -2.94. The summed E-state index contributed by atoms with van der Waals surface area (Å²) in [6.07, 6.45) is -0.207. The number of nitrogens with zero attached hydrogens (tertiary/aromatic N) is 2. The highest BCUT2D eigenvalue weighted by Gasteiger charge is 2.57. The first kappa shape index (κ1) is 44.8. The van der Waals surface area contributed by atoms with E-state index in [2.05, 4.69) is 16.9 Å². The number of carbonyl (C=O) groups excluding carboxylic acids is 1. The molecule has 0 bridgehead atoms. The first-order chi connectivity index (χ1) is 26.7. The van der Waals surface area contributed by atoms with E-state index in [-0.39, 0.29) is 68.2 Å². The maximum Gasteiger partial charge on any atom is 0.339 e. The Morgan fingerprint density at radius 3 is 2.52 bits per heavy atom. The number of aliphatic hydroxyl groups excluding tert-OH is 5. The van der Waals surface area contributed by atoms with Crippen molar-refractivity contribution < 1.29 is 74.1 Å². The lowest BCUT2D eigenvalue weighted by molar-refractivity contribution is -0.413. The number of allylic oxidation sites excluding steroid dienone is 1. The van der Waals surface area contributed by atoms with Gasteiger partial charge < -0.3 is 80.5 Å². The van der Waals surface area contributed by atoms with Crippen LogP contribution in [0.1, 0.15) is 39.5 Å². The van der Waals surface area contributed by atoms with Gasteiger partial charge in [0, 0.05) is 45.0 Å². The zero-order chi connectivity index (χ0) is 41.2. The zero-order valence-electron chi connectivity index (χ0n) is 31.6. The number of hydrogen-bond donors (Lipinski definition) is 10. The average Bonchev–Trinajstić information content (AvgIpc) is 3.61. The van der Waals surface area contributed by atoms with Crippen LogP contribution in [0.2, 0.25) is 0 Å². The van der Waals surface area contributed by atoms with E-state index in [0.717, 1.165) is 6.26 Å². The number of ether oxygens (including phenoxy) is 5. The van der Waals surface area contributed by atoms with Gasteiger partial charge in [0.15, 0.2) is 18.4 Å². The maximum absolute atomic E-state index is 13.9. The van der Waals surface area contributed by atoms with Gasteiger partial charge in [0.25, 0.3) is 0 Å². The molecule has 0 aromatic carbocycles. The van der Waals surface area contributed by atoms with Crippen molar-refractivity contribution in [3.8, 4) is 0 Å². The summed E-state index contributed by atoms with van der Waals surface area (Å²) in [6.45, 7) is 6.22. The highest BCUT2D eigenvalue weighted by atomic mass is 16.8. The summed E-state index contributed by atoms with van der Waals surface area (Å²) in [6, 6.07) is 0. The van der Waals surface area contributed by atoms with Crippen LogP contribution in [-0.2, 0) is 33.3 Å². The van der Waals surface area contributed by atoms with Crippen molar-refractivity contribution in [1.82, 2.24) is 10.2 Å². The Morgan fingerprint density at radius 1 is 1.16 bits per heavy atom. The van der Waals surface area contributed by atoms with Gasteiger partial charge in [-0.15, -0.1) is 6.58 Å². The van der Waals surface area contributed by atoms with Crippen LogP contribution < -0.4 is 11.1 Å². The molecule has 4 aliphatic rings. The van der Waals surface area contributed by atoms with Crippen LogP contribution in [-0.4, -0.2) is 159 Å². The lowest BCUT2D eigenvalue weighted by Gasteiger charge is -2.48. The molecule has 0 aromatic heterocycles. The number of carboxylic acids is 1. The third kappa shape index (κ3) is 10.9. The van der Waals surface area contributed by atoms with E-state index in [0.29, 0.717) is 31.3 Å². The number of β-amino-alcohol motifs (C(OH)–C–C–N with tert-alkyl or cyclic N) is 1. The van der Waals surface area contributed by atoms with E-state index < -0.39 is 79.3 Å². The van der Waals surface area contributed by atoms with Crippen LogP contribution in [0.25, 0.3) is 0 Å². The van der Waals surface area contributed by atoms with Gasteiger partial charge >= 0.3 is 11.9 Å². The van der Waals surface area contributed by atoms with Crippen LogP contribution in [0.5, 0.6) is 0 Å². The number of nitrogens with two attached hydrogens (primary N) is 1. The summed E-state index contributed by atoms with van der Waals surface area (Å²) in [5.74, 6) is -7.03. The van der Waals surface area contributed by atoms with Crippen molar-refractivity contribution in [3.63, 3.8) is 0 Å². The van der Waals surface area contributed by atoms with Crippen LogP contribution in [0.3, 0.4) is 0 Å². The molecule has 1 saturated heterocycles. The lowest BCUT2D eigenvalue weighted by Crippen LogP contribution is -2.69. The van der Waals surface area contributed by atoms with Crippen molar-refractivity contribution in [1.29, 1.82) is 0 Å². The quantitative estimate of drug-likeness (QED) is 0.0185. The molecule has 4 rings (SSSR count). The molecule has 11 N–H and O–H groups in total. The van der Waals surface area contributed by atoms with Crippen LogP contribution in [0.15, 0.2) is 64.7 Å². The van der Waals surface area contributed by atoms with E-state index in [9.17, 15) is 45.3 Å².